The highest BCUT2D eigenvalue weighted by Crippen LogP contribution is 2.42. The molecule has 0 spiro atoms. The third-order valence-corrected chi connectivity index (χ3v) is 6.79. The summed E-state index contributed by atoms with van der Waals surface area (Å²) in [5.41, 5.74) is 0.969. The molecular formula is C20H19ClF2N2O4S. The first-order valence-electron chi connectivity index (χ1n) is 9.47. The van der Waals surface area contributed by atoms with Crippen LogP contribution in [0.1, 0.15) is 46.8 Å². The quantitative estimate of drug-likeness (QED) is 0.632. The molecule has 2 aromatic carbocycles. The number of amides is 1. The molecule has 2 N–H and O–H groups in total. The van der Waals surface area contributed by atoms with Gasteiger partial charge in [-0.25, -0.2) is 8.78 Å². The van der Waals surface area contributed by atoms with Crippen LogP contribution >= 0.6 is 11.6 Å². The SMILES string of the molecule is O=C(Nc1ccc(F)c(Cl)c1)c1ccc(F)c2c1CC[C@@H]2N(CC1CC1)S(=O)(=O)O. The topological polar surface area (TPSA) is 86.7 Å². The molecule has 160 valence electrons. The second-order valence-electron chi connectivity index (χ2n) is 7.62. The molecule has 4 rings (SSSR count). The van der Waals surface area contributed by atoms with E-state index in [4.69, 9.17) is 11.6 Å². The lowest BCUT2D eigenvalue weighted by Crippen LogP contribution is -2.35. The molecule has 2 aromatic rings. The van der Waals surface area contributed by atoms with Gasteiger partial charge in [0, 0.05) is 23.4 Å². The van der Waals surface area contributed by atoms with Crippen molar-refractivity contribution in [3.05, 3.63) is 63.7 Å². The summed E-state index contributed by atoms with van der Waals surface area (Å²) >= 11 is 5.74. The van der Waals surface area contributed by atoms with E-state index >= 15 is 0 Å². The van der Waals surface area contributed by atoms with Crippen molar-refractivity contribution in [1.82, 2.24) is 4.31 Å². The lowest BCUT2D eigenvalue weighted by molar-refractivity contribution is 0.102. The van der Waals surface area contributed by atoms with Crippen LogP contribution in [0.5, 0.6) is 0 Å². The van der Waals surface area contributed by atoms with Crippen molar-refractivity contribution in [2.75, 3.05) is 11.9 Å². The second kappa shape index (κ2) is 7.88. The Bertz CT molecular complexity index is 1120. The highest BCUT2D eigenvalue weighted by atomic mass is 35.5. The van der Waals surface area contributed by atoms with Crippen LogP contribution in [0, 0.1) is 17.6 Å². The Morgan fingerprint density at radius 2 is 1.87 bits per heavy atom. The van der Waals surface area contributed by atoms with Crippen molar-refractivity contribution in [2.45, 2.75) is 31.7 Å². The number of fused-ring (bicyclic) bond motifs is 1. The smallest absolute Gasteiger partial charge is 0.322 e. The van der Waals surface area contributed by atoms with Gasteiger partial charge in [0.25, 0.3) is 5.91 Å². The molecule has 0 heterocycles. The predicted molar refractivity (Wildman–Crippen MR) is 108 cm³/mol. The van der Waals surface area contributed by atoms with Gasteiger partial charge < -0.3 is 5.32 Å². The predicted octanol–water partition coefficient (Wildman–Crippen LogP) is 4.37. The summed E-state index contributed by atoms with van der Waals surface area (Å²) in [7, 11) is -4.54. The Morgan fingerprint density at radius 1 is 1.17 bits per heavy atom. The third-order valence-electron chi connectivity index (χ3n) is 5.51. The molecule has 6 nitrogen and oxygen atoms in total. The largest absolute Gasteiger partial charge is 0.336 e. The van der Waals surface area contributed by atoms with E-state index in [1.165, 1.54) is 18.2 Å². The second-order valence-corrected chi connectivity index (χ2v) is 9.39. The van der Waals surface area contributed by atoms with Crippen LogP contribution in [0.3, 0.4) is 0 Å². The van der Waals surface area contributed by atoms with Crippen LogP contribution in [-0.4, -0.2) is 29.7 Å². The van der Waals surface area contributed by atoms with Crippen LogP contribution in [0.4, 0.5) is 14.5 Å². The molecule has 1 fully saturated rings. The number of rotatable bonds is 6. The maximum absolute atomic E-state index is 14.7. The van der Waals surface area contributed by atoms with Gasteiger partial charge in [-0.15, -0.1) is 0 Å². The van der Waals surface area contributed by atoms with Crippen molar-refractivity contribution in [1.29, 1.82) is 0 Å². The molecule has 0 unspecified atom stereocenters. The third kappa shape index (κ3) is 4.20. The highest BCUT2D eigenvalue weighted by molar-refractivity contribution is 7.83. The van der Waals surface area contributed by atoms with Crippen LogP contribution in [-0.2, 0) is 16.7 Å². The van der Waals surface area contributed by atoms with Gasteiger partial charge in [0.1, 0.15) is 11.6 Å². The van der Waals surface area contributed by atoms with Gasteiger partial charge in [-0.2, -0.15) is 12.7 Å². The molecule has 0 saturated heterocycles. The number of carbonyl (C=O) groups is 1. The maximum Gasteiger partial charge on any atom is 0.336 e. The highest BCUT2D eigenvalue weighted by Gasteiger charge is 2.40. The normalized spacial score (nSPS) is 18.5. The molecule has 0 radical (unpaired) electrons. The fraction of sp³-hybridized carbons (Fsp3) is 0.350. The molecule has 1 atom stereocenters. The van der Waals surface area contributed by atoms with Crippen molar-refractivity contribution in [3.63, 3.8) is 0 Å². The van der Waals surface area contributed by atoms with Gasteiger partial charge in [-0.3, -0.25) is 9.35 Å². The zero-order valence-electron chi connectivity index (χ0n) is 15.7. The average molecular weight is 457 g/mol. The van der Waals surface area contributed by atoms with E-state index in [9.17, 15) is 26.5 Å². The van der Waals surface area contributed by atoms with Crippen LogP contribution in [0.15, 0.2) is 30.3 Å². The first-order chi connectivity index (χ1) is 14.1. The summed E-state index contributed by atoms with van der Waals surface area (Å²) in [6.45, 7) is 0.118. The van der Waals surface area contributed by atoms with Gasteiger partial charge >= 0.3 is 10.3 Å². The van der Waals surface area contributed by atoms with E-state index in [1.807, 2.05) is 0 Å². The van der Waals surface area contributed by atoms with Gasteiger partial charge in [0.15, 0.2) is 0 Å². The summed E-state index contributed by atoms with van der Waals surface area (Å²) < 4.78 is 62.6. The van der Waals surface area contributed by atoms with Crippen molar-refractivity contribution in [2.24, 2.45) is 5.92 Å². The Balaban J connectivity index is 1.66. The molecule has 2 aliphatic rings. The fourth-order valence-corrected chi connectivity index (χ4v) is 5.01. The first-order valence-corrected chi connectivity index (χ1v) is 11.2. The number of halogens is 3. The zero-order chi connectivity index (χ0) is 21.6. The Hall–Kier alpha value is -2.07. The van der Waals surface area contributed by atoms with Crippen LogP contribution in [0.25, 0.3) is 0 Å². The number of hydrogen-bond donors (Lipinski definition) is 2. The number of carbonyl (C=O) groups excluding carboxylic acids is 1. The molecule has 30 heavy (non-hydrogen) atoms. The van der Waals surface area contributed by atoms with Gasteiger partial charge in [0.2, 0.25) is 0 Å². The van der Waals surface area contributed by atoms with E-state index in [0.717, 1.165) is 29.3 Å². The summed E-state index contributed by atoms with van der Waals surface area (Å²) in [6.07, 6.45) is 2.25. The van der Waals surface area contributed by atoms with Gasteiger partial charge in [-0.1, -0.05) is 11.6 Å². The minimum absolute atomic E-state index is 0.109. The van der Waals surface area contributed by atoms with Crippen molar-refractivity contribution >= 4 is 33.5 Å². The Morgan fingerprint density at radius 3 is 2.50 bits per heavy atom. The summed E-state index contributed by atoms with van der Waals surface area (Å²) in [5.74, 6) is -1.65. The zero-order valence-corrected chi connectivity index (χ0v) is 17.3. The van der Waals surface area contributed by atoms with E-state index < -0.39 is 33.9 Å². The van der Waals surface area contributed by atoms with Gasteiger partial charge in [0.05, 0.1) is 11.1 Å². The van der Waals surface area contributed by atoms with Crippen LogP contribution in [0.2, 0.25) is 5.02 Å². The number of nitrogens with one attached hydrogen (secondary N) is 1. The first kappa shape index (κ1) is 21.2. The van der Waals surface area contributed by atoms with E-state index in [0.29, 0.717) is 5.56 Å². The number of benzene rings is 2. The molecule has 2 aliphatic carbocycles. The van der Waals surface area contributed by atoms with Gasteiger partial charge in [-0.05, 0) is 67.5 Å². The number of hydrogen-bond acceptors (Lipinski definition) is 3. The average Bonchev–Trinajstić information content (AvgIpc) is 3.39. The summed E-state index contributed by atoms with van der Waals surface area (Å²) in [6, 6.07) is 5.30. The minimum Gasteiger partial charge on any atom is -0.322 e. The maximum atomic E-state index is 14.7. The number of anilines is 1. The monoisotopic (exact) mass is 456 g/mol. The summed E-state index contributed by atoms with van der Waals surface area (Å²) in [4.78, 5) is 12.8. The van der Waals surface area contributed by atoms with Crippen molar-refractivity contribution in [3.8, 4) is 0 Å². The molecule has 1 amide bonds. The van der Waals surface area contributed by atoms with E-state index in [2.05, 4.69) is 5.32 Å². The lowest BCUT2D eigenvalue weighted by Gasteiger charge is -2.26. The number of nitrogens with zero attached hydrogens (tertiary/aromatic N) is 1. The molecule has 0 aromatic heterocycles. The van der Waals surface area contributed by atoms with E-state index in [1.54, 1.807) is 0 Å². The van der Waals surface area contributed by atoms with Crippen LogP contribution < -0.4 is 5.32 Å². The molecular weight excluding hydrogens is 438 g/mol. The van der Waals surface area contributed by atoms with Crippen molar-refractivity contribution < 1.29 is 26.5 Å². The molecule has 0 bridgehead atoms. The molecule has 1 saturated carbocycles. The molecule has 10 heteroatoms. The Labute approximate surface area is 177 Å². The minimum atomic E-state index is -4.54. The molecule has 0 aliphatic heterocycles. The Kier molecular flexibility index (Phi) is 5.56. The summed E-state index contributed by atoms with van der Waals surface area (Å²) in [5, 5.41) is 2.45. The fourth-order valence-electron chi connectivity index (χ4n) is 3.90. The lowest BCUT2D eigenvalue weighted by atomic mass is 10.0. The standard InChI is InChI=1S/C20H19ClF2N2O4S/c21-15-9-12(3-6-16(15)22)24-20(26)14-4-7-17(23)19-13(14)5-8-18(19)25(30(27,28)29)10-11-1-2-11/h3-4,6-7,9,11,18H,1-2,5,8,10H2,(H,24,26)(H,27,28,29)/t18-/m0/s1. The van der Waals surface area contributed by atoms with E-state index in [-0.39, 0.29) is 47.1 Å².